The van der Waals surface area contributed by atoms with E-state index in [4.69, 9.17) is 29.6 Å². The molecule has 0 saturated carbocycles. The largest absolute Gasteiger partial charge is 0.389 e. The quantitative estimate of drug-likeness (QED) is 0.803. The third-order valence-corrected chi connectivity index (χ3v) is 3.44. The van der Waals surface area contributed by atoms with E-state index in [1.807, 2.05) is 0 Å². The molecule has 0 saturated heterocycles. The van der Waals surface area contributed by atoms with Crippen LogP contribution in [0.15, 0.2) is 18.2 Å². The van der Waals surface area contributed by atoms with Crippen LogP contribution in [-0.4, -0.2) is 32.0 Å². The fourth-order valence-electron chi connectivity index (χ4n) is 1.25. The second kappa shape index (κ2) is 5.66. The van der Waals surface area contributed by atoms with Crippen molar-refractivity contribution in [2.45, 2.75) is 0 Å². The zero-order valence-corrected chi connectivity index (χ0v) is 11.6. The van der Waals surface area contributed by atoms with Crippen molar-refractivity contribution in [2.75, 3.05) is 23.9 Å². The lowest BCUT2D eigenvalue weighted by atomic mass is 10.2. The van der Waals surface area contributed by atoms with E-state index in [9.17, 15) is 8.42 Å². The first-order chi connectivity index (χ1) is 7.79. The van der Waals surface area contributed by atoms with E-state index in [1.165, 1.54) is 6.26 Å². The summed E-state index contributed by atoms with van der Waals surface area (Å²) in [5.74, 6) is 0.0380. The number of thiocarbonyl (C=S) groups is 1. The van der Waals surface area contributed by atoms with Gasteiger partial charge in [-0.2, -0.15) is 0 Å². The lowest BCUT2D eigenvalue weighted by Crippen LogP contribution is -2.17. The number of nitrogens with two attached hydrogens (primary N) is 1. The highest BCUT2D eigenvalue weighted by molar-refractivity contribution is 7.90. The molecule has 0 aliphatic rings. The second-order valence-corrected chi connectivity index (χ2v) is 6.75. The van der Waals surface area contributed by atoms with E-state index in [2.05, 4.69) is 5.32 Å². The van der Waals surface area contributed by atoms with Gasteiger partial charge < -0.3 is 11.1 Å². The Morgan fingerprint density at radius 3 is 2.71 bits per heavy atom. The molecule has 0 aliphatic heterocycles. The summed E-state index contributed by atoms with van der Waals surface area (Å²) in [6.45, 7) is 0.286. The van der Waals surface area contributed by atoms with Gasteiger partial charge in [0.1, 0.15) is 14.8 Å². The predicted molar refractivity (Wildman–Crippen MR) is 75.5 cm³/mol. The van der Waals surface area contributed by atoms with Gasteiger partial charge in [-0.25, -0.2) is 8.42 Å². The number of hydrogen-bond donors (Lipinski definition) is 2. The number of rotatable bonds is 5. The molecule has 0 fully saturated rings. The number of sulfone groups is 1. The summed E-state index contributed by atoms with van der Waals surface area (Å²) in [6.07, 6.45) is 1.18. The van der Waals surface area contributed by atoms with Crippen LogP contribution in [0.2, 0.25) is 5.02 Å². The van der Waals surface area contributed by atoms with Gasteiger partial charge in [0.25, 0.3) is 0 Å². The molecule has 1 aromatic carbocycles. The van der Waals surface area contributed by atoms with Gasteiger partial charge in [0.15, 0.2) is 0 Å². The number of hydrogen-bond acceptors (Lipinski definition) is 4. The first-order valence-electron chi connectivity index (χ1n) is 4.80. The molecular formula is C10H13ClN2O2S2. The summed E-state index contributed by atoms with van der Waals surface area (Å²) in [4.78, 5) is 0.239. The molecule has 0 aliphatic carbocycles. The molecule has 17 heavy (non-hydrogen) atoms. The highest BCUT2D eigenvalue weighted by Gasteiger charge is 2.07. The Hall–Kier alpha value is -0.850. The van der Waals surface area contributed by atoms with Crippen molar-refractivity contribution in [3.8, 4) is 0 Å². The summed E-state index contributed by atoms with van der Waals surface area (Å²) < 4.78 is 22.0. The van der Waals surface area contributed by atoms with Crippen molar-refractivity contribution in [3.63, 3.8) is 0 Å². The van der Waals surface area contributed by atoms with Gasteiger partial charge in [-0.3, -0.25) is 0 Å². The van der Waals surface area contributed by atoms with Crippen molar-refractivity contribution in [1.82, 2.24) is 0 Å². The molecule has 0 bridgehead atoms. The second-order valence-electron chi connectivity index (χ2n) is 3.61. The van der Waals surface area contributed by atoms with E-state index in [0.29, 0.717) is 16.3 Å². The van der Waals surface area contributed by atoms with E-state index < -0.39 is 9.84 Å². The Kier molecular flexibility index (Phi) is 4.73. The molecule has 4 nitrogen and oxygen atoms in total. The minimum absolute atomic E-state index is 0.0380. The summed E-state index contributed by atoms with van der Waals surface area (Å²) >= 11 is 10.7. The Bertz CT molecular complexity index is 529. The van der Waals surface area contributed by atoms with Crippen molar-refractivity contribution >= 4 is 44.3 Å². The highest BCUT2D eigenvalue weighted by atomic mass is 35.5. The Morgan fingerprint density at radius 2 is 2.18 bits per heavy atom. The van der Waals surface area contributed by atoms with Gasteiger partial charge in [0.2, 0.25) is 0 Å². The zero-order valence-electron chi connectivity index (χ0n) is 9.23. The maximum absolute atomic E-state index is 11.0. The van der Waals surface area contributed by atoms with Crippen molar-refractivity contribution < 1.29 is 8.42 Å². The number of halogens is 1. The SMILES string of the molecule is CS(=O)(=O)CCNc1cc(Cl)ccc1C(N)=S. The molecule has 1 aromatic rings. The highest BCUT2D eigenvalue weighted by Crippen LogP contribution is 2.20. The normalized spacial score (nSPS) is 11.2. The van der Waals surface area contributed by atoms with E-state index in [1.54, 1.807) is 18.2 Å². The minimum atomic E-state index is -3.00. The van der Waals surface area contributed by atoms with Crippen LogP contribution in [0.3, 0.4) is 0 Å². The molecule has 0 heterocycles. The lowest BCUT2D eigenvalue weighted by Gasteiger charge is -2.11. The molecule has 0 atom stereocenters. The molecular weight excluding hydrogens is 280 g/mol. The third kappa shape index (κ3) is 4.89. The number of nitrogens with one attached hydrogen (secondary N) is 1. The maximum Gasteiger partial charge on any atom is 0.149 e. The monoisotopic (exact) mass is 292 g/mol. The van der Waals surface area contributed by atoms with Gasteiger partial charge in [0, 0.05) is 29.1 Å². The van der Waals surface area contributed by atoms with Crippen LogP contribution in [0.25, 0.3) is 0 Å². The van der Waals surface area contributed by atoms with Gasteiger partial charge in [-0.05, 0) is 18.2 Å². The van der Waals surface area contributed by atoms with Crippen molar-refractivity contribution in [1.29, 1.82) is 0 Å². The summed E-state index contributed by atoms with van der Waals surface area (Å²) in [6, 6.07) is 5.05. The van der Waals surface area contributed by atoms with Crippen LogP contribution in [0.1, 0.15) is 5.56 Å². The van der Waals surface area contributed by atoms with E-state index in [-0.39, 0.29) is 17.3 Å². The number of anilines is 1. The molecule has 0 spiro atoms. The fourth-order valence-corrected chi connectivity index (χ4v) is 2.07. The van der Waals surface area contributed by atoms with Crippen molar-refractivity contribution in [2.24, 2.45) is 5.73 Å². The van der Waals surface area contributed by atoms with E-state index in [0.717, 1.165) is 0 Å². The van der Waals surface area contributed by atoms with Gasteiger partial charge in [-0.15, -0.1) is 0 Å². The topological polar surface area (TPSA) is 72.2 Å². The molecule has 0 aromatic heterocycles. The van der Waals surface area contributed by atoms with Gasteiger partial charge in [-0.1, -0.05) is 23.8 Å². The summed E-state index contributed by atoms with van der Waals surface area (Å²) in [5.41, 5.74) is 6.85. The van der Waals surface area contributed by atoms with Crippen LogP contribution in [0.5, 0.6) is 0 Å². The van der Waals surface area contributed by atoms with Crippen LogP contribution in [-0.2, 0) is 9.84 Å². The van der Waals surface area contributed by atoms with Crippen LogP contribution >= 0.6 is 23.8 Å². The predicted octanol–water partition coefficient (Wildman–Crippen LogP) is 1.43. The molecule has 7 heteroatoms. The Labute approximate surface area is 111 Å². The Balaban J connectivity index is 2.82. The van der Waals surface area contributed by atoms with Crippen molar-refractivity contribution in [3.05, 3.63) is 28.8 Å². The fraction of sp³-hybridized carbons (Fsp3) is 0.300. The Morgan fingerprint density at radius 1 is 1.53 bits per heavy atom. The van der Waals surface area contributed by atoms with Crippen LogP contribution < -0.4 is 11.1 Å². The zero-order chi connectivity index (χ0) is 13.1. The molecule has 94 valence electrons. The minimum Gasteiger partial charge on any atom is -0.389 e. The smallest absolute Gasteiger partial charge is 0.149 e. The lowest BCUT2D eigenvalue weighted by molar-refractivity contribution is 0.602. The first kappa shape index (κ1) is 14.2. The van der Waals surface area contributed by atoms with Gasteiger partial charge >= 0.3 is 0 Å². The third-order valence-electron chi connectivity index (χ3n) is 2.04. The standard InChI is InChI=1S/C10H13ClN2O2S2/c1-17(14,15)5-4-13-9-6-7(11)2-3-8(9)10(12)16/h2-3,6,13H,4-5H2,1H3,(H2,12,16). The number of benzene rings is 1. The van der Waals surface area contributed by atoms with Crippen LogP contribution in [0.4, 0.5) is 5.69 Å². The molecule has 0 radical (unpaired) electrons. The van der Waals surface area contributed by atoms with Gasteiger partial charge in [0.05, 0.1) is 5.75 Å². The first-order valence-corrected chi connectivity index (χ1v) is 7.65. The summed E-state index contributed by atoms with van der Waals surface area (Å²) in [5, 5.41) is 3.49. The summed E-state index contributed by atoms with van der Waals surface area (Å²) in [7, 11) is -3.00. The molecule has 3 N–H and O–H groups in total. The molecule has 0 unspecified atom stereocenters. The molecule has 1 rings (SSSR count). The average molecular weight is 293 g/mol. The molecule has 0 amide bonds. The van der Waals surface area contributed by atoms with E-state index >= 15 is 0 Å². The maximum atomic E-state index is 11.0. The average Bonchev–Trinajstić information content (AvgIpc) is 2.15. The van der Waals surface area contributed by atoms with Crippen LogP contribution in [0, 0.1) is 0 Å².